The van der Waals surface area contributed by atoms with Gasteiger partial charge in [-0.3, -0.25) is 0 Å². The Morgan fingerprint density at radius 3 is 2.58 bits per heavy atom. The van der Waals surface area contributed by atoms with Crippen LogP contribution in [0.5, 0.6) is 11.6 Å². The van der Waals surface area contributed by atoms with Crippen molar-refractivity contribution in [1.29, 1.82) is 0 Å². The van der Waals surface area contributed by atoms with Crippen molar-refractivity contribution in [2.24, 2.45) is 0 Å². The van der Waals surface area contributed by atoms with Gasteiger partial charge in [-0.2, -0.15) is 9.37 Å². The monoisotopic (exact) mass is 261 g/mol. The van der Waals surface area contributed by atoms with Crippen molar-refractivity contribution in [1.82, 2.24) is 9.97 Å². The molecule has 0 bridgehead atoms. The van der Waals surface area contributed by atoms with Crippen LogP contribution in [0.2, 0.25) is 0 Å². The van der Waals surface area contributed by atoms with Gasteiger partial charge in [-0.1, -0.05) is 39.0 Å². The molecule has 19 heavy (non-hydrogen) atoms. The number of aromatic nitrogens is 2. The highest BCUT2D eigenvalue weighted by Crippen LogP contribution is 2.33. The molecule has 2 N–H and O–H groups in total. The van der Waals surface area contributed by atoms with Crippen molar-refractivity contribution in [3.63, 3.8) is 0 Å². The Labute approximate surface area is 111 Å². The van der Waals surface area contributed by atoms with Gasteiger partial charge in [0.05, 0.1) is 6.20 Å². The van der Waals surface area contributed by atoms with E-state index in [9.17, 15) is 4.39 Å². The molecule has 2 aromatic rings. The average Bonchev–Trinajstić information content (AvgIpc) is 2.33. The molecular formula is C14H16FN3O. The minimum absolute atomic E-state index is 0.0235. The summed E-state index contributed by atoms with van der Waals surface area (Å²) < 4.78 is 19.1. The van der Waals surface area contributed by atoms with Crippen LogP contribution in [0.4, 0.5) is 10.3 Å². The van der Waals surface area contributed by atoms with Crippen LogP contribution < -0.4 is 10.5 Å². The number of anilines is 1. The molecule has 0 aliphatic heterocycles. The van der Waals surface area contributed by atoms with E-state index in [0.717, 1.165) is 11.8 Å². The molecule has 1 aromatic carbocycles. The number of ether oxygens (including phenoxy) is 1. The molecule has 0 fully saturated rings. The number of nitrogen functional groups attached to an aromatic ring is 1. The third-order valence-electron chi connectivity index (χ3n) is 2.63. The van der Waals surface area contributed by atoms with Gasteiger partial charge in [0.25, 0.3) is 5.88 Å². The van der Waals surface area contributed by atoms with Crippen LogP contribution in [0.25, 0.3) is 0 Å². The van der Waals surface area contributed by atoms with E-state index in [1.165, 1.54) is 0 Å². The zero-order valence-electron chi connectivity index (χ0n) is 11.1. The highest BCUT2D eigenvalue weighted by Gasteiger charge is 2.20. The van der Waals surface area contributed by atoms with Crippen molar-refractivity contribution in [3.05, 3.63) is 41.8 Å². The van der Waals surface area contributed by atoms with Crippen molar-refractivity contribution in [2.75, 3.05) is 5.73 Å². The predicted molar refractivity (Wildman–Crippen MR) is 71.6 cm³/mol. The Morgan fingerprint density at radius 2 is 1.89 bits per heavy atom. The van der Waals surface area contributed by atoms with Crippen molar-refractivity contribution >= 4 is 5.95 Å². The molecule has 100 valence electrons. The molecule has 0 aliphatic carbocycles. The van der Waals surface area contributed by atoms with E-state index in [1.54, 1.807) is 6.07 Å². The van der Waals surface area contributed by atoms with Crippen molar-refractivity contribution < 1.29 is 9.13 Å². The molecule has 1 heterocycles. The second-order valence-corrected chi connectivity index (χ2v) is 5.23. The highest BCUT2D eigenvalue weighted by atomic mass is 19.1. The lowest BCUT2D eigenvalue weighted by molar-refractivity contribution is 0.406. The molecule has 0 saturated heterocycles. The van der Waals surface area contributed by atoms with Gasteiger partial charge in [0, 0.05) is 5.56 Å². The first-order valence-corrected chi connectivity index (χ1v) is 5.93. The first-order valence-electron chi connectivity index (χ1n) is 5.93. The zero-order chi connectivity index (χ0) is 14.0. The fraction of sp³-hybridized carbons (Fsp3) is 0.286. The Kier molecular flexibility index (Phi) is 3.38. The van der Waals surface area contributed by atoms with E-state index in [0.29, 0.717) is 5.75 Å². The normalized spacial score (nSPS) is 11.4. The quantitative estimate of drug-likeness (QED) is 0.901. The molecule has 0 aliphatic rings. The SMILES string of the molecule is CC(C)(C)c1ccccc1Oc1nc(N)ncc1F. The number of hydrogen-bond acceptors (Lipinski definition) is 4. The van der Waals surface area contributed by atoms with Gasteiger partial charge in [-0.05, 0) is 11.5 Å². The highest BCUT2D eigenvalue weighted by molar-refractivity contribution is 5.40. The maximum Gasteiger partial charge on any atom is 0.260 e. The second kappa shape index (κ2) is 4.84. The standard InChI is InChI=1S/C14H16FN3O/c1-14(2,3)9-6-4-5-7-11(9)19-12-10(15)8-17-13(16)18-12/h4-8H,1-3H3,(H2,16,17,18). The van der Waals surface area contributed by atoms with Gasteiger partial charge in [0.1, 0.15) is 5.75 Å². The molecule has 5 heteroatoms. The predicted octanol–water partition coefficient (Wildman–Crippen LogP) is 3.29. The van der Waals surface area contributed by atoms with Gasteiger partial charge in [0.15, 0.2) is 0 Å². The Bertz CT molecular complexity index is 593. The minimum atomic E-state index is -0.641. The van der Waals surface area contributed by atoms with E-state index in [4.69, 9.17) is 10.5 Å². The van der Waals surface area contributed by atoms with E-state index in [1.807, 2.05) is 18.2 Å². The van der Waals surface area contributed by atoms with Gasteiger partial charge in [-0.25, -0.2) is 4.98 Å². The Balaban J connectivity index is 2.41. The van der Waals surface area contributed by atoms with Gasteiger partial charge >= 0.3 is 0 Å². The first-order chi connectivity index (χ1) is 8.88. The average molecular weight is 261 g/mol. The summed E-state index contributed by atoms with van der Waals surface area (Å²) in [5.74, 6) is -0.265. The summed E-state index contributed by atoms with van der Waals surface area (Å²) in [6.45, 7) is 6.17. The molecule has 0 spiro atoms. The van der Waals surface area contributed by atoms with E-state index >= 15 is 0 Å². The van der Waals surface area contributed by atoms with E-state index in [-0.39, 0.29) is 17.2 Å². The summed E-state index contributed by atoms with van der Waals surface area (Å²) in [6, 6.07) is 7.46. The number of nitrogens with zero attached hydrogens (tertiary/aromatic N) is 2. The van der Waals surface area contributed by atoms with Gasteiger partial charge < -0.3 is 10.5 Å². The maximum atomic E-state index is 13.6. The summed E-state index contributed by atoms with van der Waals surface area (Å²) >= 11 is 0. The third-order valence-corrected chi connectivity index (χ3v) is 2.63. The molecule has 0 unspecified atom stereocenters. The molecule has 0 amide bonds. The lowest BCUT2D eigenvalue weighted by Crippen LogP contribution is -2.12. The van der Waals surface area contributed by atoms with Crippen LogP contribution in [0, 0.1) is 5.82 Å². The van der Waals surface area contributed by atoms with Gasteiger partial charge in [0.2, 0.25) is 11.8 Å². The summed E-state index contributed by atoms with van der Waals surface area (Å²) in [5.41, 5.74) is 6.28. The van der Waals surface area contributed by atoms with Crippen molar-refractivity contribution in [3.8, 4) is 11.6 Å². The van der Waals surface area contributed by atoms with E-state index in [2.05, 4.69) is 30.7 Å². The van der Waals surface area contributed by atoms with Crippen LogP contribution in [0.15, 0.2) is 30.5 Å². The lowest BCUT2D eigenvalue weighted by Gasteiger charge is -2.22. The minimum Gasteiger partial charge on any atom is -0.436 e. The summed E-state index contributed by atoms with van der Waals surface area (Å²) in [5, 5.41) is 0. The van der Waals surface area contributed by atoms with Crippen molar-refractivity contribution in [2.45, 2.75) is 26.2 Å². The molecule has 0 saturated carbocycles. The molecule has 4 nitrogen and oxygen atoms in total. The number of rotatable bonds is 2. The smallest absolute Gasteiger partial charge is 0.260 e. The zero-order valence-corrected chi connectivity index (χ0v) is 11.1. The lowest BCUT2D eigenvalue weighted by atomic mass is 9.86. The van der Waals surface area contributed by atoms with Gasteiger partial charge in [-0.15, -0.1) is 0 Å². The third kappa shape index (κ3) is 2.99. The Hall–Kier alpha value is -2.17. The van der Waals surface area contributed by atoms with Crippen LogP contribution in [-0.2, 0) is 5.41 Å². The largest absolute Gasteiger partial charge is 0.436 e. The van der Waals surface area contributed by atoms with E-state index < -0.39 is 5.82 Å². The molecular weight excluding hydrogens is 245 g/mol. The van der Waals surface area contributed by atoms with Crippen LogP contribution >= 0.6 is 0 Å². The molecule has 1 aromatic heterocycles. The van der Waals surface area contributed by atoms with Crippen LogP contribution in [-0.4, -0.2) is 9.97 Å². The first kappa shape index (κ1) is 13.3. The summed E-state index contributed by atoms with van der Waals surface area (Å²) in [6.07, 6.45) is 0.997. The second-order valence-electron chi connectivity index (χ2n) is 5.23. The molecule has 0 radical (unpaired) electrons. The van der Waals surface area contributed by atoms with Crippen LogP contribution in [0.1, 0.15) is 26.3 Å². The van der Waals surface area contributed by atoms with Crippen LogP contribution in [0.3, 0.4) is 0 Å². The molecule has 2 rings (SSSR count). The topological polar surface area (TPSA) is 61.0 Å². The number of para-hydroxylation sites is 1. The molecule has 0 atom stereocenters. The number of nitrogens with two attached hydrogens (primary N) is 1. The number of hydrogen-bond donors (Lipinski definition) is 1. The summed E-state index contributed by atoms with van der Waals surface area (Å²) in [4.78, 5) is 7.32. The number of benzene rings is 1. The number of halogens is 1. The fourth-order valence-corrected chi connectivity index (χ4v) is 1.72. The summed E-state index contributed by atoms with van der Waals surface area (Å²) in [7, 11) is 0. The fourth-order valence-electron chi connectivity index (χ4n) is 1.72. The maximum absolute atomic E-state index is 13.6. The Morgan fingerprint density at radius 1 is 1.21 bits per heavy atom.